The maximum atomic E-state index is 12.1. The number of carbonyl (C=O) groups excluding carboxylic acids is 1. The van der Waals surface area contributed by atoms with Crippen LogP contribution in [0.25, 0.3) is 11.0 Å². The largest absolute Gasteiger partial charge is 0.340 e. The Hall–Kier alpha value is -2.08. The molecule has 2 amide bonds. The van der Waals surface area contributed by atoms with Crippen molar-refractivity contribution in [3.05, 3.63) is 29.6 Å². The SMILES string of the molecule is Cc1ccc2nc(CNC(=O)N3CC[C@@H](CN)C3)[nH]c2c1. The average Bonchev–Trinajstić information content (AvgIpc) is 3.10. The molecule has 1 aliphatic rings. The fourth-order valence-electron chi connectivity index (χ4n) is 2.74. The molecule has 0 bridgehead atoms. The number of nitrogens with one attached hydrogen (secondary N) is 2. The van der Waals surface area contributed by atoms with Crippen LogP contribution >= 0.6 is 0 Å². The number of hydrogen-bond donors (Lipinski definition) is 3. The van der Waals surface area contributed by atoms with E-state index in [-0.39, 0.29) is 6.03 Å². The fourth-order valence-corrected chi connectivity index (χ4v) is 2.74. The van der Waals surface area contributed by atoms with E-state index < -0.39 is 0 Å². The Labute approximate surface area is 123 Å². The summed E-state index contributed by atoms with van der Waals surface area (Å²) in [6.07, 6.45) is 0.994. The quantitative estimate of drug-likeness (QED) is 0.796. The number of carbonyl (C=O) groups is 1. The maximum Gasteiger partial charge on any atom is 0.317 e. The zero-order chi connectivity index (χ0) is 14.8. The molecule has 112 valence electrons. The van der Waals surface area contributed by atoms with Gasteiger partial charge >= 0.3 is 6.03 Å². The highest BCUT2D eigenvalue weighted by Gasteiger charge is 2.24. The molecule has 0 saturated carbocycles. The van der Waals surface area contributed by atoms with Gasteiger partial charge in [-0.2, -0.15) is 0 Å². The highest BCUT2D eigenvalue weighted by molar-refractivity contribution is 5.76. The molecule has 0 spiro atoms. The monoisotopic (exact) mass is 287 g/mol. The molecule has 3 rings (SSSR count). The van der Waals surface area contributed by atoms with Crippen molar-refractivity contribution in [1.29, 1.82) is 0 Å². The molecule has 1 aromatic carbocycles. The maximum absolute atomic E-state index is 12.1. The number of H-pyrrole nitrogens is 1. The number of amides is 2. The van der Waals surface area contributed by atoms with E-state index in [4.69, 9.17) is 5.73 Å². The summed E-state index contributed by atoms with van der Waals surface area (Å²) in [5, 5.41) is 2.91. The first kappa shape index (κ1) is 13.9. The Bertz CT molecular complexity index is 651. The Kier molecular flexibility index (Phi) is 3.79. The average molecular weight is 287 g/mol. The Balaban J connectivity index is 1.60. The lowest BCUT2D eigenvalue weighted by Crippen LogP contribution is -2.38. The molecular formula is C15H21N5O. The molecule has 0 aliphatic carbocycles. The normalized spacial score (nSPS) is 18.4. The molecule has 2 aromatic rings. The fraction of sp³-hybridized carbons (Fsp3) is 0.467. The van der Waals surface area contributed by atoms with Crippen molar-refractivity contribution in [1.82, 2.24) is 20.2 Å². The molecule has 0 unspecified atom stereocenters. The Morgan fingerprint density at radius 2 is 2.43 bits per heavy atom. The number of benzene rings is 1. The van der Waals surface area contributed by atoms with Gasteiger partial charge in [-0.1, -0.05) is 6.07 Å². The van der Waals surface area contributed by atoms with Crippen LogP contribution in [0, 0.1) is 12.8 Å². The molecule has 6 heteroatoms. The number of aromatic amines is 1. The Morgan fingerprint density at radius 3 is 3.19 bits per heavy atom. The summed E-state index contributed by atoms with van der Waals surface area (Å²) in [4.78, 5) is 21.6. The number of aryl methyl sites for hydroxylation is 1. The number of rotatable bonds is 3. The lowest BCUT2D eigenvalue weighted by atomic mass is 10.1. The van der Waals surface area contributed by atoms with Crippen molar-refractivity contribution in [3.63, 3.8) is 0 Å². The second kappa shape index (κ2) is 5.73. The molecule has 1 aliphatic heterocycles. The first-order valence-corrected chi connectivity index (χ1v) is 7.34. The summed E-state index contributed by atoms with van der Waals surface area (Å²) in [7, 11) is 0. The van der Waals surface area contributed by atoms with Crippen molar-refractivity contribution in [2.24, 2.45) is 11.7 Å². The Morgan fingerprint density at radius 1 is 1.57 bits per heavy atom. The van der Waals surface area contributed by atoms with Gasteiger partial charge in [0.25, 0.3) is 0 Å². The number of aromatic nitrogens is 2. The van der Waals surface area contributed by atoms with E-state index in [1.54, 1.807) is 0 Å². The van der Waals surface area contributed by atoms with Gasteiger partial charge in [-0.15, -0.1) is 0 Å². The molecule has 0 radical (unpaired) electrons. The summed E-state index contributed by atoms with van der Waals surface area (Å²) >= 11 is 0. The first-order chi connectivity index (χ1) is 10.2. The second-order valence-corrected chi connectivity index (χ2v) is 5.70. The van der Waals surface area contributed by atoms with Gasteiger partial charge in [-0.05, 0) is 43.5 Å². The van der Waals surface area contributed by atoms with Crippen LogP contribution in [-0.4, -0.2) is 40.5 Å². The van der Waals surface area contributed by atoms with Crippen LogP contribution in [0.1, 0.15) is 17.8 Å². The van der Waals surface area contributed by atoms with E-state index in [0.29, 0.717) is 19.0 Å². The summed E-state index contributed by atoms with van der Waals surface area (Å²) in [6, 6.07) is 6.03. The predicted octanol–water partition coefficient (Wildman–Crippen LogP) is 1.36. The van der Waals surface area contributed by atoms with Crippen LogP contribution in [0.2, 0.25) is 0 Å². The van der Waals surface area contributed by atoms with Crippen LogP contribution in [0.4, 0.5) is 4.79 Å². The van der Waals surface area contributed by atoms with Crippen LogP contribution in [-0.2, 0) is 6.54 Å². The van der Waals surface area contributed by atoms with E-state index >= 15 is 0 Å². The molecule has 1 aromatic heterocycles. The molecule has 2 heterocycles. The third-order valence-electron chi connectivity index (χ3n) is 4.00. The molecule has 1 fully saturated rings. The predicted molar refractivity (Wildman–Crippen MR) is 81.8 cm³/mol. The number of nitrogens with two attached hydrogens (primary N) is 1. The minimum atomic E-state index is -0.0393. The summed E-state index contributed by atoms with van der Waals surface area (Å²) in [5.74, 6) is 1.21. The molecule has 21 heavy (non-hydrogen) atoms. The smallest absolute Gasteiger partial charge is 0.317 e. The lowest BCUT2D eigenvalue weighted by molar-refractivity contribution is 0.206. The van der Waals surface area contributed by atoms with Crippen molar-refractivity contribution in [2.75, 3.05) is 19.6 Å². The van der Waals surface area contributed by atoms with Crippen LogP contribution in [0.15, 0.2) is 18.2 Å². The summed E-state index contributed by atoms with van der Waals surface area (Å²) in [5.41, 5.74) is 8.76. The molecular weight excluding hydrogens is 266 g/mol. The zero-order valence-corrected chi connectivity index (χ0v) is 12.2. The van der Waals surface area contributed by atoms with Gasteiger partial charge in [-0.3, -0.25) is 0 Å². The standard InChI is InChI=1S/C15H21N5O/c1-10-2-3-12-13(6-10)19-14(18-12)8-17-15(21)20-5-4-11(7-16)9-20/h2-3,6,11H,4-5,7-9,16H2,1H3,(H,17,21)(H,18,19)/t11-/m0/s1. The van der Waals surface area contributed by atoms with E-state index in [0.717, 1.165) is 36.4 Å². The van der Waals surface area contributed by atoms with E-state index in [2.05, 4.69) is 21.4 Å². The van der Waals surface area contributed by atoms with Gasteiger partial charge in [-0.25, -0.2) is 9.78 Å². The molecule has 1 saturated heterocycles. The third kappa shape index (κ3) is 3.00. The second-order valence-electron chi connectivity index (χ2n) is 5.70. The van der Waals surface area contributed by atoms with Gasteiger partial charge in [0.05, 0.1) is 17.6 Å². The lowest BCUT2D eigenvalue weighted by Gasteiger charge is -2.16. The number of urea groups is 1. The minimum absolute atomic E-state index is 0.0393. The van der Waals surface area contributed by atoms with E-state index in [9.17, 15) is 4.79 Å². The van der Waals surface area contributed by atoms with Gasteiger partial charge < -0.3 is 20.9 Å². The highest BCUT2D eigenvalue weighted by atomic mass is 16.2. The topological polar surface area (TPSA) is 87.0 Å². The van der Waals surface area contributed by atoms with Gasteiger partial charge in [0.2, 0.25) is 0 Å². The minimum Gasteiger partial charge on any atom is -0.340 e. The molecule has 4 N–H and O–H groups in total. The van der Waals surface area contributed by atoms with Crippen LogP contribution in [0.5, 0.6) is 0 Å². The summed E-state index contributed by atoms with van der Waals surface area (Å²) < 4.78 is 0. The van der Waals surface area contributed by atoms with Crippen LogP contribution in [0.3, 0.4) is 0 Å². The number of likely N-dealkylation sites (tertiary alicyclic amines) is 1. The number of nitrogens with zero attached hydrogens (tertiary/aromatic N) is 2. The van der Waals surface area contributed by atoms with Crippen molar-refractivity contribution in [2.45, 2.75) is 19.9 Å². The third-order valence-corrected chi connectivity index (χ3v) is 4.00. The number of imidazole rings is 1. The summed E-state index contributed by atoms with van der Waals surface area (Å²) in [6.45, 7) is 4.64. The van der Waals surface area contributed by atoms with Crippen molar-refractivity contribution >= 4 is 17.1 Å². The van der Waals surface area contributed by atoms with Crippen molar-refractivity contribution < 1.29 is 4.79 Å². The van der Waals surface area contributed by atoms with Gasteiger partial charge in [0.1, 0.15) is 5.82 Å². The van der Waals surface area contributed by atoms with Crippen LogP contribution < -0.4 is 11.1 Å². The molecule has 1 atom stereocenters. The molecule has 6 nitrogen and oxygen atoms in total. The number of hydrogen-bond acceptors (Lipinski definition) is 3. The van der Waals surface area contributed by atoms with E-state index in [1.165, 1.54) is 5.56 Å². The highest BCUT2D eigenvalue weighted by Crippen LogP contribution is 2.15. The zero-order valence-electron chi connectivity index (χ0n) is 12.2. The number of fused-ring (bicyclic) bond motifs is 1. The first-order valence-electron chi connectivity index (χ1n) is 7.34. The van der Waals surface area contributed by atoms with E-state index in [1.807, 2.05) is 24.0 Å². The van der Waals surface area contributed by atoms with Gasteiger partial charge in [0.15, 0.2) is 0 Å². The van der Waals surface area contributed by atoms with Gasteiger partial charge in [0, 0.05) is 13.1 Å². The van der Waals surface area contributed by atoms with Crippen molar-refractivity contribution in [3.8, 4) is 0 Å².